The van der Waals surface area contributed by atoms with Crippen molar-refractivity contribution in [3.05, 3.63) is 66.2 Å². The molecule has 0 aliphatic rings. The van der Waals surface area contributed by atoms with Gasteiger partial charge in [-0.15, -0.1) is 0 Å². The minimum absolute atomic E-state index is 0.0127. The van der Waals surface area contributed by atoms with E-state index in [1.165, 1.54) is 0 Å². The van der Waals surface area contributed by atoms with Crippen LogP contribution in [0.5, 0.6) is 0 Å². The number of anilines is 1. The molecular formula is C18H23N3O. The Morgan fingerprint density at radius 2 is 1.59 bits per heavy atom. The Morgan fingerprint density at radius 1 is 1.00 bits per heavy atom. The summed E-state index contributed by atoms with van der Waals surface area (Å²) >= 11 is 0. The van der Waals surface area contributed by atoms with Crippen LogP contribution in [0.15, 0.2) is 60.7 Å². The summed E-state index contributed by atoms with van der Waals surface area (Å²) in [5, 5.41) is 6.22. The van der Waals surface area contributed by atoms with E-state index in [1.54, 1.807) is 0 Å². The van der Waals surface area contributed by atoms with E-state index in [1.807, 2.05) is 74.8 Å². The summed E-state index contributed by atoms with van der Waals surface area (Å²) in [5.74, 6) is -0.0143. The third-order valence-corrected chi connectivity index (χ3v) is 3.31. The first-order valence-corrected chi connectivity index (χ1v) is 7.43. The quantitative estimate of drug-likeness (QED) is 0.825. The summed E-state index contributed by atoms with van der Waals surface area (Å²) in [6.45, 7) is 1.03. The highest BCUT2D eigenvalue weighted by Gasteiger charge is 2.15. The van der Waals surface area contributed by atoms with Gasteiger partial charge in [0.05, 0.1) is 12.6 Å². The third-order valence-electron chi connectivity index (χ3n) is 3.31. The lowest BCUT2D eigenvalue weighted by atomic mass is 10.1. The van der Waals surface area contributed by atoms with Crippen molar-refractivity contribution in [3.8, 4) is 0 Å². The van der Waals surface area contributed by atoms with Gasteiger partial charge < -0.3 is 15.5 Å². The molecule has 1 unspecified atom stereocenters. The van der Waals surface area contributed by atoms with Crippen LogP contribution in [0.1, 0.15) is 11.6 Å². The summed E-state index contributed by atoms with van der Waals surface area (Å²) in [6.07, 6.45) is 0. The number of nitrogens with one attached hydrogen (secondary N) is 2. The first-order valence-electron chi connectivity index (χ1n) is 7.43. The molecular weight excluding hydrogens is 274 g/mol. The number of nitrogens with zero attached hydrogens (tertiary/aromatic N) is 1. The predicted molar refractivity (Wildman–Crippen MR) is 90.8 cm³/mol. The summed E-state index contributed by atoms with van der Waals surface area (Å²) < 4.78 is 0. The van der Waals surface area contributed by atoms with Crippen molar-refractivity contribution >= 4 is 11.6 Å². The monoisotopic (exact) mass is 297 g/mol. The molecule has 2 N–H and O–H groups in total. The van der Waals surface area contributed by atoms with Crippen molar-refractivity contribution in [1.82, 2.24) is 10.2 Å². The molecule has 0 spiro atoms. The molecule has 4 nitrogen and oxygen atoms in total. The van der Waals surface area contributed by atoms with Crippen molar-refractivity contribution in [1.29, 1.82) is 0 Å². The highest BCUT2D eigenvalue weighted by molar-refractivity contribution is 5.81. The number of hydrogen-bond acceptors (Lipinski definition) is 3. The number of amides is 1. The molecule has 2 aromatic rings. The Kier molecular flexibility index (Phi) is 5.98. The standard InChI is InChI=1S/C18H23N3O/c1-21(2)14-17(15-9-5-3-6-10-15)20-18(22)13-19-16-11-7-4-8-12-16/h3-12,17,19H,13-14H2,1-2H3,(H,20,22). The second kappa shape index (κ2) is 8.20. The number of hydrogen-bond donors (Lipinski definition) is 2. The number of likely N-dealkylation sites (N-methyl/N-ethyl adjacent to an activating group) is 1. The van der Waals surface area contributed by atoms with Crippen LogP contribution < -0.4 is 10.6 Å². The maximum Gasteiger partial charge on any atom is 0.239 e. The molecule has 0 aromatic heterocycles. The Hall–Kier alpha value is -2.33. The SMILES string of the molecule is CN(C)CC(NC(=O)CNc1ccccc1)c1ccccc1. The first kappa shape index (κ1) is 16.0. The number of para-hydroxylation sites is 1. The van der Waals surface area contributed by atoms with Crippen LogP contribution in [-0.2, 0) is 4.79 Å². The highest BCUT2D eigenvalue weighted by atomic mass is 16.2. The zero-order chi connectivity index (χ0) is 15.8. The van der Waals surface area contributed by atoms with E-state index in [0.717, 1.165) is 17.8 Å². The van der Waals surface area contributed by atoms with Gasteiger partial charge in [0.15, 0.2) is 0 Å². The molecule has 4 heteroatoms. The molecule has 0 bridgehead atoms. The minimum Gasteiger partial charge on any atom is -0.376 e. The summed E-state index contributed by atoms with van der Waals surface area (Å²) in [6, 6.07) is 19.8. The fraction of sp³-hybridized carbons (Fsp3) is 0.278. The van der Waals surface area contributed by atoms with Gasteiger partial charge in [-0.25, -0.2) is 0 Å². The second-order valence-corrected chi connectivity index (χ2v) is 5.51. The average molecular weight is 297 g/mol. The molecule has 2 aromatic carbocycles. The molecule has 0 saturated carbocycles. The summed E-state index contributed by atoms with van der Waals surface area (Å²) in [5.41, 5.74) is 2.06. The molecule has 2 rings (SSSR count). The zero-order valence-corrected chi connectivity index (χ0v) is 13.1. The molecule has 0 fully saturated rings. The van der Waals surface area contributed by atoms with Gasteiger partial charge in [0.1, 0.15) is 0 Å². The van der Waals surface area contributed by atoms with Crippen LogP contribution in [0.4, 0.5) is 5.69 Å². The normalized spacial score (nSPS) is 12.0. The van der Waals surface area contributed by atoms with Crippen LogP contribution in [0.3, 0.4) is 0 Å². The lowest BCUT2D eigenvalue weighted by molar-refractivity contribution is -0.120. The van der Waals surface area contributed by atoms with Crippen LogP contribution in [-0.4, -0.2) is 38.0 Å². The van der Waals surface area contributed by atoms with Gasteiger partial charge in [-0.3, -0.25) is 4.79 Å². The number of carbonyl (C=O) groups excluding carboxylic acids is 1. The number of benzene rings is 2. The van der Waals surface area contributed by atoms with Gasteiger partial charge in [-0.2, -0.15) is 0 Å². The average Bonchev–Trinajstić information content (AvgIpc) is 2.54. The van der Waals surface area contributed by atoms with Crippen molar-refractivity contribution in [2.24, 2.45) is 0 Å². The van der Waals surface area contributed by atoms with Crippen molar-refractivity contribution in [2.75, 3.05) is 32.5 Å². The van der Waals surface area contributed by atoms with E-state index >= 15 is 0 Å². The molecule has 1 amide bonds. The predicted octanol–water partition coefficient (Wildman–Crippen LogP) is 2.52. The lowest BCUT2D eigenvalue weighted by Crippen LogP contribution is -2.38. The van der Waals surface area contributed by atoms with E-state index in [4.69, 9.17) is 0 Å². The molecule has 1 atom stereocenters. The van der Waals surface area contributed by atoms with E-state index in [-0.39, 0.29) is 18.5 Å². The summed E-state index contributed by atoms with van der Waals surface area (Å²) in [7, 11) is 4.01. The lowest BCUT2D eigenvalue weighted by Gasteiger charge is -2.23. The molecule has 0 radical (unpaired) electrons. The summed E-state index contributed by atoms with van der Waals surface area (Å²) in [4.78, 5) is 14.3. The fourth-order valence-corrected chi connectivity index (χ4v) is 2.27. The van der Waals surface area contributed by atoms with Gasteiger partial charge in [-0.05, 0) is 31.8 Å². The molecule has 0 aliphatic heterocycles. The van der Waals surface area contributed by atoms with Gasteiger partial charge in [-0.1, -0.05) is 48.5 Å². The van der Waals surface area contributed by atoms with Crippen molar-refractivity contribution < 1.29 is 4.79 Å². The number of carbonyl (C=O) groups is 1. The zero-order valence-electron chi connectivity index (χ0n) is 13.1. The third kappa shape index (κ3) is 5.22. The molecule has 0 heterocycles. The Morgan fingerprint density at radius 3 is 2.18 bits per heavy atom. The maximum absolute atomic E-state index is 12.2. The van der Waals surface area contributed by atoms with Gasteiger partial charge in [0.25, 0.3) is 0 Å². The van der Waals surface area contributed by atoms with E-state index in [9.17, 15) is 4.79 Å². The Balaban J connectivity index is 1.93. The van der Waals surface area contributed by atoms with Crippen LogP contribution in [0, 0.1) is 0 Å². The maximum atomic E-state index is 12.2. The minimum atomic E-state index is -0.0143. The molecule has 0 aliphatic carbocycles. The largest absolute Gasteiger partial charge is 0.376 e. The van der Waals surface area contributed by atoms with E-state index < -0.39 is 0 Å². The second-order valence-electron chi connectivity index (χ2n) is 5.51. The highest BCUT2D eigenvalue weighted by Crippen LogP contribution is 2.13. The van der Waals surface area contributed by atoms with Gasteiger partial charge in [0, 0.05) is 12.2 Å². The number of rotatable bonds is 7. The Bertz CT molecular complexity index is 569. The fourth-order valence-electron chi connectivity index (χ4n) is 2.27. The first-order chi connectivity index (χ1) is 10.6. The Labute approximate surface area is 132 Å². The van der Waals surface area contributed by atoms with Gasteiger partial charge >= 0.3 is 0 Å². The van der Waals surface area contributed by atoms with Crippen LogP contribution in [0.25, 0.3) is 0 Å². The molecule has 116 valence electrons. The van der Waals surface area contributed by atoms with Crippen molar-refractivity contribution in [3.63, 3.8) is 0 Å². The van der Waals surface area contributed by atoms with Crippen LogP contribution in [0.2, 0.25) is 0 Å². The smallest absolute Gasteiger partial charge is 0.239 e. The molecule has 0 saturated heterocycles. The molecule has 22 heavy (non-hydrogen) atoms. The van der Waals surface area contributed by atoms with Crippen LogP contribution >= 0.6 is 0 Å². The van der Waals surface area contributed by atoms with Gasteiger partial charge in [0.2, 0.25) is 5.91 Å². The van der Waals surface area contributed by atoms with Crippen molar-refractivity contribution in [2.45, 2.75) is 6.04 Å². The van der Waals surface area contributed by atoms with E-state index in [2.05, 4.69) is 15.5 Å². The topological polar surface area (TPSA) is 44.4 Å². The van der Waals surface area contributed by atoms with E-state index in [0.29, 0.717) is 0 Å².